The third kappa shape index (κ3) is 7.45. The smallest absolute Gasteiger partial charge is 0.330 e. The summed E-state index contributed by atoms with van der Waals surface area (Å²) < 4.78 is 38.3. The first kappa shape index (κ1) is 30.7. The molecule has 1 saturated heterocycles. The fourth-order valence-electron chi connectivity index (χ4n) is 4.52. The van der Waals surface area contributed by atoms with E-state index >= 15 is 0 Å². The molecule has 4 aromatic rings. The van der Waals surface area contributed by atoms with Crippen molar-refractivity contribution >= 4 is 35.2 Å². The Morgan fingerprint density at radius 2 is 1.88 bits per heavy atom. The topological polar surface area (TPSA) is 141 Å². The lowest BCUT2D eigenvalue weighted by atomic mass is 10.1. The van der Waals surface area contributed by atoms with Gasteiger partial charge in [-0.2, -0.15) is 4.39 Å². The molecule has 0 aliphatic carbocycles. The molecule has 14 heteroatoms. The molecule has 2 heterocycles. The maximum Gasteiger partial charge on any atom is 0.330 e. The second kappa shape index (κ2) is 13.3. The highest BCUT2D eigenvalue weighted by atomic mass is 32.5. The Labute approximate surface area is 250 Å². The lowest BCUT2D eigenvalue weighted by Crippen LogP contribution is -2.36. The second-order valence-electron chi connectivity index (χ2n) is 9.88. The number of nitrogens with one attached hydrogen (secondary N) is 2. The quantitative estimate of drug-likeness (QED) is 0.167. The molecule has 0 amide bonds. The number of aromatic amines is 1. The van der Waals surface area contributed by atoms with E-state index in [4.69, 9.17) is 30.3 Å². The summed E-state index contributed by atoms with van der Waals surface area (Å²) in [7, 11) is 0. The van der Waals surface area contributed by atoms with Gasteiger partial charge >= 0.3 is 18.3 Å². The van der Waals surface area contributed by atoms with Crippen molar-refractivity contribution in [3.63, 3.8) is 0 Å². The molecule has 1 aromatic heterocycles. The number of ether oxygens (including phenoxy) is 2. The first-order chi connectivity index (χ1) is 20.6. The van der Waals surface area contributed by atoms with E-state index in [2.05, 4.69) is 5.09 Å². The minimum absolute atomic E-state index is 0.0633. The van der Waals surface area contributed by atoms with Gasteiger partial charge in [0, 0.05) is 11.8 Å². The van der Waals surface area contributed by atoms with Crippen LogP contribution >= 0.6 is 6.64 Å². The van der Waals surface area contributed by atoms with E-state index in [1.807, 2.05) is 65.6 Å². The van der Waals surface area contributed by atoms with Crippen LogP contribution in [0.25, 0.3) is 10.8 Å². The highest BCUT2D eigenvalue weighted by molar-refractivity contribution is 8.09. The number of halogens is 1. The van der Waals surface area contributed by atoms with Crippen molar-refractivity contribution in [2.45, 2.75) is 44.4 Å². The number of aliphatic hydroxyl groups excluding tert-OH is 1. The van der Waals surface area contributed by atoms with E-state index in [0.29, 0.717) is 5.75 Å². The highest BCUT2D eigenvalue weighted by Crippen LogP contribution is 2.48. The molecule has 3 aromatic carbocycles. The number of aromatic nitrogens is 2. The normalized spacial score (nSPS) is 20.4. The predicted octanol–water partition coefficient (Wildman–Crippen LogP) is 3.52. The van der Waals surface area contributed by atoms with Crippen LogP contribution in [-0.2, 0) is 37.2 Å². The Morgan fingerprint density at radius 3 is 2.67 bits per heavy atom. The van der Waals surface area contributed by atoms with Crippen molar-refractivity contribution in [2.24, 2.45) is 0 Å². The van der Waals surface area contributed by atoms with Crippen LogP contribution in [0.4, 0.5) is 4.39 Å². The molecule has 0 spiro atoms. The molecule has 1 unspecified atom stereocenters. The van der Waals surface area contributed by atoms with E-state index in [0.717, 1.165) is 27.1 Å². The standard InChI is InChI=1S/C29H29FN3O8PS/c1-18(28(36)38-16-19-8-3-2-4-9-19)32-42(43,41-24-13-7-11-20-10-5-6-12-21(20)24)39-17-25-23(34)14-26(40-25)33-15-22(30)27(35)31-29(33)37/h2-13,15,18,23,25-26,34H,14,16-17H2,1H3,(H,32,43)(H,31,35,37)/t18-,23-,25+,26+,42?/m0/s1. The molecule has 1 aliphatic heterocycles. The van der Waals surface area contributed by atoms with Gasteiger partial charge in [0.2, 0.25) is 5.82 Å². The number of H-pyrrole nitrogens is 1. The molecule has 0 bridgehead atoms. The third-order valence-electron chi connectivity index (χ3n) is 6.74. The molecule has 5 rings (SSSR count). The molecule has 1 fully saturated rings. The van der Waals surface area contributed by atoms with Crippen molar-refractivity contribution < 1.29 is 32.8 Å². The fraction of sp³-hybridized carbons (Fsp3) is 0.276. The minimum atomic E-state index is -3.53. The van der Waals surface area contributed by atoms with E-state index in [1.54, 1.807) is 19.1 Å². The second-order valence-corrected chi connectivity index (χ2v) is 13.0. The van der Waals surface area contributed by atoms with Crippen molar-refractivity contribution in [2.75, 3.05) is 6.61 Å². The highest BCUT2D eigenvalue weighted by Gasteiger charge is 2.38. The largest absolute Gasteiger partial charge is 0.460 e. The first-order valence-electron chi connectivity index (χ1n) is 13.4. The van der Waals surface area contributed by atoms with Gasteiger partial charge in [0.1, 0.15) is 30.7 Å². The Balaban J connectivity index is 1.33. The third-order valence-corrected chi connectivity index (χ3v) is 9.23. The van der Waals surface area contributed by atoms with Crippen molar-refractivity contribution in [3.8, 4) is 5.75 Å². The summed E-state index contributed by atoms with van der Waals surface area (Å²) in [6.45, 7) is -2.19. The number of fused-ring (bicyclic) bond motifs is 1. The monoisotopic (exact) mass is 629 g/mol. The summed E-state index contributed by atoms with van der Waals surface area (Å²) in [6.07, 6.45) is -2.55. The molecule has 0 radical (unpaired) electrons. The zero-order chi connectivity index (χ0) is 30.6. The molecule has 0 saturated carbocycles. The molecule has 11 nitrogen and oxygen atoms in total. The molecule has 3 N–H and O–H groups in total. The van der Waals surface area contributed by atoms with Gasteiger partial charge in [-0.15, -0.1) is 0 Å². The van der Waals surface area contributed by atoms with Crippen molar-refractivity contribution in [3.05, 3.63) is 111 Å². The SMILES string of the molecule is C[C@H](NP(=S)(OC[C@H]1O[C@@H](n2cc(F)c(=O)[nH]c2=O)C[C@@H]1O)Oc1cccc2ccccc12)C(=O)OCc1ccccc1. The Morgan fingerprint density at radius 1 is 1.16 bits per heavy atom. The molecule has 5 atom stereocenters. The zero-order valence-corrected chi connectivity index (χ0v) is 24.6. The summed E-state index contributed by atoms with van der Waals surface area (Å²) in [5.41, 5.74) is -1.23. The van der Waals surface area contributed by atoms with Gasteiger partial charge in [-0.1, -0.05) is 66.7 Å². The van der Waals surface area contributed by atoms with E-state index in [9.17, 15) is 23.9 Å². The number of rotatable bonds is 11. The van der Waals surface area contributed by atoms with Crippen LogP contribution in [0, 0.1) is 5.82 Å². The summed E-state index contributed by atoms with van der Waals surface area (Å²) in [5.74, 6) is -1.34. The Kier molecular flexibility index (Phi) is 9.50. The molecular weight excluding hydrogens is 600 g/mol. The van der Waals surface area contributed by atoms with Gasteiger partial charge in [0.15, 0.2) is 0 Å². The average Bonchev–Trinajstić information content (AvgIpc) is 3.37. The molecule has 226 valence electrons. The average molecular weight is 630 g/mol. The van der Waals surface area contributed by atoms with E-state index in [1.165, 1.54) is 0 Å². The number of hydrogen-bond acceptors (Lipinski definition) is 9. The first-order valence-corrected chi connectivity index (χ1v) is 16.0. The van der Waals surface area contributed by atoms with E-state index < -0.39 is 54.2 Å². The summed E-state index contributed by atoms with van der Waals surface area (Å²) in [6, 6.07) is 21.2. The number of benzene rings is 3. The Hall–Kier alpha value is -3.71. The number of carbonyl (C=O) groups is 1. The summed E-state index contributed by atoms with van der Waals surface area (Å²) >= 11 is 5.83. The van der Waals surface area contributed by atoms with Gasteiger partial charge in [-0.25, -0.2) is 9.88 Å². The van der Waals surface area contributed by atoms with Gasteiger partial charge in [-0.05, 0) is 35.7 Å². The maximum absolute atomic E-state index is 13.8. The number of nitrogens with zero attached hydrogens (tertiary/aromatic N) is 1. The van der Waals surface area contributed by atoms with E-state index in [-0.39, 0.29) is 19.6 Å². The van der Waals surface area contributed by atoms with Crippen LogP contribution in [0.15, 0.2) is 88.6 Å². The number of aliphatic hydroxyl groups is 1. The summed E-state index contributed by atoms with van der Waals surface area (Å²) in [5, 5.41) is 15.3. The molecule has 1 aliphatic rings. The van der Waals surface area contributed by atoms with Crippen LogP contribution in [0.2, 0.25) is 0 Å². The van der Waals surface area contributed by atoms with Gasteiger partial charge < -0.3 is 23.6 Å². The van der Waals surface area contributed by atoms with Gasteiger partial charge in [-0.3, -0.25) is 19.1 Å². The summed E-state index contributed by atoms with van der Waals surface area (Å²) in [4.78, 5) is 38.4. The molecular formula is C29H29FN3O8PS. The van der Waals surface area contributed by atoms with Crippen LogP contribution in [0.1, 0.15) is 25.1 Å². The van der Waals surface area contributed by atoms with Crippen molar-refractivity contribution in [1.29, 1.82) is 0 Å². The number of hydrogen-bond donors (Lipinski definition) is 3. The van der Waals surface area contributed by atoms with Crippen LogP contribution < -0.4 is 20.9 Å². The Bertz CT molecular complexity index is 1760. The van der Waals surface area contributed by atoms with Crippen molar-refractivity contribution in [1.82, 2.24) is 14.6 Å². The predicted molar refractivity (Wildman–Crippen MR) is 159 cm³/mol. The van der Waals surface area contributed by atoms with Crippen LogP contribution in [0.5, 0.6) is 5.75 Å². The van der Waals surface area contributed by atoms with Crippen LogP contribution in [-0.4, -0.2) is 45.5 Å². The number of esters is 1. The van der Waals surface area contributed by atoms with Gasteiger partial charge in [0.05, 0.1) is 18.9 Å². The molecule has 43 heavy (non-hydrogen) atoms. The number of carbonyl (C=O) groups excluding carboxylic acids is 1. The van der Waals surface area contributed by atoms with Crippen LogP contribution in [0.3, 0.4) is 0 Å². The lowest BCUT2D eigenvalue weighted by Gasteiger charge is -2.28. The maximum atomic E-state index is 13.8. The zero-order valence-electron chi connectivity index (χ0n) is 22.9. The lowest BCUT2D eigenvalue weighted by molar-refractivity contribution is -0.146. The minimum Gasteiger partial charge on any atom is -0.460 e. The van der Waals surface area contributed by atoms with Gasteiger partial charge in [0.25, 0.3) is 5.56 Å². The fourth-order valence-corrected chi connectivity index (χ4v) is 6.94.